The van der Waals surface area contributed by atoms with Gasteiger partial charge in [0.05, 0.1) is 12.4 Å². The molecule has 0 aromatic carbocycles. The summed E-state index contributed by atoms with van der Waals surface area (Å²) in [6.45, 7) is 8.99. The second-order valence-corrected chi connectivity index (χ2v) is 5.87. The number of likely N-dealkylation sites (tertiary alicyclic amines) is 1. The van der Waals surface area contributed by atoms with Crippen molar-refractivity contribution < 1.29 is 4.79 Å². The van der Waals surface area contributed by atoms with Gasteiger partial charge in [-0.1, -0.05) is 20.8 Å². The number of carbonyl (C=O) groups is 1. The molecule has 2 heterocycles. The lowest BCUT2D eigenvalue weighted by atomic mass is 9.92. The zero-order valence-corrected chi connectivity index (χ0v) is 12.6. The van der Waals surface area contributed by atoms with Gasteiger partial charge in [0.2, 0.25) is 0 Å². The number of nitrogens with one attached hydrogen (secondary N) is 1. The van der Waals surface area contributed by atoms with Crippen LogP contribution in [-0.2, 0) is 0 Å². The molecule has 1 aromatic rings. The lowest BCUT2D eigenvalue weighted by Gasteiger charge is -2.34. The number of piperidine rings is 1. The summed E-state index contributed by atoms with van der Waals surface area (Å²) in [5.74, 6) is 1.84. The minimum absolute atomic E-state index is 0.00191. The van der Waals surface area contributed by atoms with E-state index in [1.807, 2.05) is 4.90 Å². The van der Waals surface area contributed by atoms with E-state index in [4.69, 9.17) is 0 Å². The third-order valence-electron chi connectivity index (χ3n) is 3.58. The number of hydrogen-bond donors (Lipinski definition) is 1. The van der Waals surface area contributed by atoms with E-state index in [-0.39, 0.29) is 5.91 Å². The topological polar surface area (TPSA) is 58.1 Å². The fraction of sp³-hybridized carbons (Fsp3) is 0.667. The molecule has 2 unspecified atom stereocenters. The fourth-order valence-corrected chi connectivity index (χ4v) is 2.77. The van der Waals surface area contributed by atoms with E-state index in [0.29, 0.717) is 17.5 Å². The molecule has 20 heavy (non-hydrogen) atoms. The second kappa shape index (κ2) is 6.68. The lowest BCUT2D eigenvalue weighted by molar-refractivity contribution is 0.0617. The summed E-state index contributed by atoms with van der Waals surface area (Å²) >= 11 is 0. The van der Waals surface area contributed by atoms with Crippen molar-refractivity contribution in [3.8, 4) is 0 Å². The smallest absolute Gasteiger partial charge is 0.274 e. The van der Waals surface area contributed by atoms with Crippen molar-refractivity contribution in [3.63, 3.8) is 0 Å². The van der Waals surface area contributed by atoms with Crippen molar-refractivity contribution in [2.75, 3.05) is 25.0 Å². The molecule has 1 fully saturated rings. The summed E-state index contributed by atoms with van der Waals surface area (Å²) in [6.07, 6.45) is 5.44. The molecule has 1 N–H and O–H groups in total. The van der Waals surface area contributed by atoms with Crippen molar-refractivity contribution >= 4 is 11.7 Å². The van der Waals surface area contributed by atoms with Crippen LogP contribution < -0.4 is 5.32 Å². The van der Waals surface area contributed by atoms with Gasteiger partial charge in [-0.25, -0.2) is 9.97 Å². The Labute approximate surface area is 120 Å². The highest BCUT2D eigenvalue weighted by molar-refractivity contribution is 5.92. The van der Waals surface area contributed by atoms with Crippen LogP contribution in [0.3, 0.4) is 0 Å². The summed E-state index contributed by atoms with van der Waals surface area (Å²) in [7, 11) is 0. The maximum atomic E-state index is 12.4. The molecule has 0 saturated carbocycles. The molecular weight excluding hydrogens is 252 g/mol. The average molecular weight is 276 g/mol. The highest BCUT2D eigenvalue weighted by Crippen LogP contribution is 2.22. The lowest BCUT2D eigenvalue weighted by Crippen LogP contribution is -2.42. The maximum absolute atomic E-state index is 12.4. The molecule has 110 valence electrons. The quantitative estimate of drug-likeness (QED) is 0.917. The normalized spacial score (nSPS) is 22.6. The number of amides is 1. The van der Waals surface area contributed by atoms with E-state index in [1.165, 1.54) is 6.42 Å². The summed E-state index contributed by atoms with van der Waals surface area (Å²) in [6, 6.07) is 0. The minimum atomic E-state index is -0.00191. The van der Waals surface area contributed by atoms with Gasteiger partial charge in [0.1, 0.15) is 11.5 Å². The third-order valence-corrected chi connectivity index (χ3v) is 3.58. The fourth-order valence-electron chi connectivity index (χ4n) is 2.77. The predicted octanol–water partition coefficient (Wildman–Crippen LogP) is 2.42. The number of aromatic nitrogens is 2. The second-order valence-electron chi connectivity index (χ2n) is 5.87. The highest BCUT2D eigenvalue weighted by Gasteiger charge is 2.26. The molecule has 0 radical (unpaired) electrons. The molecule has 2 atom stereocenters. The van der Waals surface area contributed by atoms with Crippen LogP contribution in [0.4, 0.5) is 5.82 Å². The van der Waals surface area contributed by atoms with Crippen LogP contribution in [0.15, 0.2) is 12.4 Å². The molecule has 0 spiro atoms. The number of hydrogen-bond acceptors (Lipinski definition) is 4. The Morgan fingerprint density at radius 2 is 2.00 bits per heavy atom. The van der Waals surface area contributed by atoms with Gasteiger partial charge >= 0.3 is 0 Å². The van der Waals surface area contributed by atoms with Crippen LogP contribution in [0, 0.1) is 11.8 Å². The summed E-state index contributed by atoms with van der Waals surface area (Å²) in [5.41, 5.74) is 0.438. The summed E-state index contributed by atoms with van der Waals surface area (Å²) in [4.78, 5) is 22.8. The van der Waals surface area contributed by atoms with Crippen molar-refractivity contribution in [2.45, 2.75) is 33.6 Å². The SMILES string of the molecule is CCCNc1cnc(C(=O)N2CC(C)CC(C)C2)cn1. The monoisotopic (exact) mass is 276 g/mol. The number of nitrogens with zero attached hydrogens (tertiary/aromatic N) is 3. The first-order valence-corrected chi connectivity index (χ1v) is 7.45. The highest BCUT2D eigenvalue weighted by atomic mass is 16.2. The standard InChI is InChI=1S/C15H24N4O/c1-4-5-16-14-8-17-13(7-18-14)15(20)19-9-11(2)6-12(3)10-19/h7-8,11-12H,4-6,9-10H2,1-3H3,(H,16,18). The summed E-state index contributed by atoms with van der Waals surface area (Å²) in [5, 5.41) is 3.16. The van der Waals surface area contributed by atoms with Gasteiger partial charge < -0.3 is 10.2 Å². The Kier molecular flexibility index (Phi) is 4.93. The van der Waals surface area contributed by atoms with Crippen molar-refractivity contribution in [1.29, 1.82) is 0 Å². The van der Waals surface area contributed by atoms with E-state index >= 15 is 0 Å². The van der Waals surface area contributed by atoms with E-state index in [2.05, 4.69) is 36.1 Å². The maximum Gasteiger partial charge on any atom is 0.274 e. The van der Waals surface area contributed by atoms with Crippen LogP contribution in [0.2, 0.25) is 0 Å². The molecule has 0 bridgehead atoms. The van der Waals surface area contributed by atoms with Gasteiger partial charge in [0.25, 0.3) is 5.91 Å². The van der Waals surface area contributed by atoms with Crippen molar-refractivity contribution in [1.82, 2.24) is 14.9 Å². The van der Waals surface area contributed by atoms with Gasteiger partial charge in [0.15, 0.2) is 0 Å². The van der Waals surface area contributed by atoms with E-state index in [1.54, 1.807) is 12.4 Å². The van der Waals surface area contributed by atoms with Gasteiger partial charge in [-0.15, -0.1) is 0 Å². The zero-order chi connectivity index (χ0) is 14.5. The van der Waals surface area contributed by atoms with Crippen LogP contribution in [0.25, 0.3) is 0 Å². The number of rotatable bonds is 4. The molecule has 2 rings (SSSR count). The molecule has 0 aliphatic carbocycles. The zero-order valence-electron chi connectivity index (χ0n) is 12.6. The largest absolute Gasteiger partial charge is 0.369 e. The van der Waals surface area contributed by atoms with Crippen LogP contribution >= 0.6 is 0 Å². The Morgan fingerprint density at radius 3 is 2.55 bits per heavy atom. The third kappa shape index (κ3) is 3.68. The molecule has 5 heteroatoms. The van der Waals surface area contributed by atoms with Crippen molar-refractivity contribution in [2.24, 2.45) is 11.8 Å². The van der Waals surface area contributed by atoms with E-state index < -0.39 is 0 Å². The van der Waals surface area contributed by atoms with Gasteiger partial charge in [-0.05, 0) is 24.7 Å². The van der Waals surface area contributed by atoms with Crippen LogP contribution in [-0.4, -0.2) is 40.4 Å². The Morgan fingerprint density at radius 1 is 1.30 bits per heavy atom. The van der Waals surface area contributed by atoms with Crippen LogP contribution in [0.1, 0.15) is 44.1 Å². The van der Waals surface area contributed by atoms with E-state index in [0.717, 1.165) is 31.9 Å². The van der Waals surface area contributed by atoms with Gasteiger partial charge in [0, 0.05) is 19.6 Å². The molecule has 1 saturated heterocycles. The van der Waals surface area contributed by atoms with Crippen molar-refractivity contribution in [3.05, 3.63) is 18.1 Å². The van der Waals surface area contributed by atoms with Gasteiger partial charge in [-0.2, -0.15) is 0 Å². The number of anilines is 1. The molecule has 5 nitrogen and oxygen atoms in total. The van der Waals surface area contributed by atoms with Crippen LogP contribution in [0.5, 0.6) is 0 Å². The molecule has 1 amide bonds. The first kappa shape index (κ1) is 14.8. The first-order valence-electron chi connectivity index (χ1n) is 7.45. The average Bonchev–Trinajstić information content (AvgIpc) is 2.44. The molecular formula is C15H24N4O. The first-order chi connectivity index (χ1) is 9.60. The molecule has 1 aliphatic heterocycles. The summed E-state index contributed by atoms with van der Waals surface area (Å²) < 4.78 is 0. The van der Waals surface area contributed by atoms with Gasteiger partial charge in [-0.3, -0.25) is 4.79 Å². The Bertz CT molecular complexity index is 436. The molecule has 1 aliphatic rings. The Balaban J connectivity index is 2.01. The molecule has 1 aromatic heterocycles. The number of carbonyl (C=O) groups excluding carboxylic acids is 1. The van der Waals surface area contributed by atoms with E-state index in [9.17, 15) is 4.79 Å². The predicted molar refractivity (Wildman–Crippen MR) is 79.7 cm³/mol. The Hall–Kier alpha value is -1.65. The minimum Gasteiger partial charge on any atom is -0.369 e.